The fraction of sp³-hybridized carbons (Fsp3) is 0.809. The van der Waals surface area contributed by atoms with E-state index in [0.29, 0.717) is 39.2 Å². The third-order valence-electron chi connectivity index (χ3n) is 19.6. The second-order valence-electron chi connectivity index (χ2n) is 29.5. The van der Waals surface area contributed by atoms with Crippen molar-refractivity contribution in [1.29, 1.82) is 0 Å². The topological polar surface area (TPSA) is 120 Å². The number of unbranched alkanes of at least 4 members (excludes halogenated alkanes) is 30. The summed E-state index contributed by atoms with van der Waals surface area (Å²) in [6, 6.07) is 0. The van der Waals surface area contributed by atoms with Crippen molar-refractivity contribution in [3.05, 3.63) is 97.2 Å². The van der Waals surface area contributed by atoms with Gasteiger partial charge >= 0.3 is 5.97 Å². The lowest BCUT2D eigenvalue weighted by Gasteiger charge is -2.34. The molecule has 1 heterocycles. The first-order chi connectivity index (χ1) is 49.7. The fourth-order valence-corrected chi connectivity index (χ4v) is 15.3. The molecule has 0 aromatic carbocycles. The minimum absolute atomic E-state index is 0.124. The molecule has 588 valence electrons. The third kappa shape index (κ3) is 71.8. The Morgan fingerprint density at radius 3 is 0.931 bits per heavy atom. The number of piperazine rings is 1. The summed E-state index contributed by atoms with van der Waals surface area (Å²) in [5, 5.41) is 44.8. The maximum Gasteiger partial charge on any atom is 0.305 e. The van der Waals surface area contributed by atoms with E-state index >= 15 is 0 Å². The molecule has 1 fully saturated rings. The molecule has 0 radical (unpaired) electrons. The second-order valence-corrected chi connectivity index (χ2v) is 32.2. The lowest BCUT2D eigenvalue weighted by atomic mass is 10.1. The first kappa shape index (κ1) is 96.8. The minimum Gasteiger partial charge on any atom is -0.464 e. The molecule has 0 saturated carbocycles. The van der Waals surface area contributed by atoms with E-state index < -0.39 is 12.2 Å². The minimum atomic E-state index is -0.415. The smallest absolute Gasteiger partial charge is 0.305 e. The molecule has 0 amide bonds. The summed E-state index contributed by atoms with van der Waals surface area (Å²) in [6.45, 7) is 19.5. The Labute approximate surface area is 633 Å². The Hall–Kier alpha value is -2.23. The third-order valence-corrected chi connectivity index (χ3v) is 22.1. The van der Waals surface area contributed by atoms with Gasteiger partial charge in [0.05, 0.1) is 24.4 Å². The van der Waals surface area contributed by atoms with Crippen molar-refractivity contribution >= 4 is 27.6 Å². The van der Waals surface area contributed by atoms with Crippen LogP contribution in [-0.4, -0.2) is 167 Å². The largest absolute Gasteiger partial charge is 0.464 e. The number of hydrogen-bond donors (Lipinski definition) is 4. The Balaban J connectivity index is 2.45. The van der Waals surface area contributed by atoms with Crippen LogP contribution in [0.3, 0.4) is 0 Å². The first-order valence-corrected chi connectivity index (χ1v) is 45.4. The van der Waals surface area contributed by atoms with Crippen molar-refractivity contribution in [2.24, 2.45) is 0 Å². The SMILES string of the molecule is CCCCC/C=C\C/C=C\CCCCCCC(O)CN(CCCCSSCCN1CCN(CCOC(=O)CCCCN(CC(O)CCCCCC/C=C\C/C=C\CCCCC)CC(O)CCCCCC/C=C\C/C=C\CCCCC)CC1)CC(O)CCCCCC/C=C\C/C=C\CCCCC. The van der Waals surface area contributed by atoms with Gasteiger partial charge in [-0.15, -0.1) is 0 Å². The Kier molecular flexibility index (Phi) is 75.5. The zero-order valence-corrected chi connectivity index (χ0v) is 68.1. The van der Waals surface area contributed by atoms with Crippen molar-refractivity contribution in [3.8, 4) is 0 Å². The van der Waals surface area contributed by atoms with Crippen LogP contribution < -0.4 is 0 Å². The summed E-state index contributed by atoms with van der Waals surface area (Å²) >= 11 is 0. The molecule has 4 atom stereocenters. The van der Waals surface area contributed by atoms with Crippen molar-refractivity contribution in [1.82, 2.24) is 19.6 Å². The summed E-state index contributed by atoms with van der Waals surface area (Å²) in [7, 11) is 3.98. The van der Waals surface area contributed by atoms with E-state index in [4.69, 9.17) is 4.74 Å². The van der Waals surface area contributed by atoms with Crippen LogP contribution in [0, 0.1) is 0 Å². The quantitative estimate of drug-likeness (QED) is 0.0201. The van der Waals surface area contributed by atoms with E-state index in [1.165, 1.54) is 167 Å². The number of hydrogen-bond acceptors (Lipinski definition) is 12. The van der Waals surface area contributed by atoms with Crippen molar-refractivity contribution in [3.63, 3.8) is 0 Å². The predicted octanol–water partition coefficient (Wildman–Crippen LogP) is 23.2. The molecule has 1 aliphatic rings. The average molecular weight is 1450 g/mol. The van der Waals surface area contributed by atoms with Crippen LogP contribution in [0.15, 0.2) is 97.2 Å². The van der Waals surface area contributed by atoms with Gasteiger partial charge in [-0.05, 0) is 193 Å². The predicted molar refractivity (Wildman–Crippen MR) is 448 cm³/mol. The zero-order valence-electron chi connectivity index (χ0n) is 66.5. The molecular weight excluding hydrogens is 1290 g/mol. The molecule has 0 aliphatic carbocycles. The fourth-order valence-electron chi connectivity index (χ4n) is 13.1. The normalized spacial score (nSPS) is 15.1. The molecule has 12 heteroatoms. The molecule has 0 aromatic heterocycles. The van der Waals surface area contributed by atoms with Gasteiger partial charge in [0.2, 0.25) is 0 Å². The molecule has 101 heavy (non-hydrogen) atoms. The number of carbonyl (C=O) groups is 1. The number of ether oxygens (including phenoxy) is 1. The molecule has 0 spiro atoms. The maximum absolute atomic E-state index is 12.9. The highest BCUT2D eigenvalue weighted by atomic mass is 33.1. The first-order valence-electron chi connectivity index (χ1n) is 42.9. The summed E-state index contributed by atoms with van der Waals surface area (Å²) < 4.78 is 5.76. The molecular formula is C89H164N4O6S2. The van der Waals surface area contributed by atoms with Crippen LogP contribution in [0.4, 0.5) is 0 Å². The van der Waals surface area contributed by atoms with Crippen molar-refractivity contribution in [2.45, 2.75) is 367 Å². The van der Waals surface area contributed by atoms with E-state index in [2.05, 4.69) is 145 Å². The van der Waals surface area contributed by atoms with Gasteiger partial charge in [0.25, 0.3) is 0 Å². The number of nitrogens with zero attached hydrogens (tertiary/aromatic N) is 4. The highest BCUT2D eigenvalue weighted by Crippen LogP contribution is 2.24. The lowest BCUT2D eigenvalue weighted by molar-refractivity contribution is -0.144. The van der Waals surface area contributed by atoms with Gasteiger partial charge in [-0.2, -0.15) is 0 Å². The zero-order chi connectivity index (χ0) is 72.9. The van der Waals surface area contributed by atoms with E-state index in [9.17, 15) is 25.2 Å². The molecule has 1 rings (SSSR count). The van der Waals surface area contributed by atoms with Crippen molar-refractivity contribution < 1.29 is 30.0 Å². The number of allylic oxidation sites excluding steroid dienone is 16. The van der Waals surface area contributed by atoms with Crippen LogP contribution >= 0.6 is 21.6 Å². The van der Waals surface area contributed by atoms with Crippen molar-refractivity contribution in [2.75, 3.05) is 96.6 Å². The highest BCUT2D eigenvalue weighted by molar-refractivity contribution is 8.76. The van der Waals surface area contributed by atoms with Crippen LogP contribution in [0.2, 0.25) is 0 Å². The summed E-state index contributed by atoms with van der Waals surface area (Å²) in [5.41, 5.74) is 0. The molecule has 1 aliphatic heterocycles. The van der Waals surface area contributed by atoms with Gasteiger partial charge in [0.15, 0.2) is 0 Å². The van der Waals surface area contributed by atoms with E-state index in [-0.39, 0.29) is 18.2 Å². The van der Waals surface area contributed by atoms with E-state index in [0.717, 1.165) is 205 Å². The van der Waals surface area contributed by atoms with E-state index in [1.54, 1.807) is 0 Å². The van der Waals surface area contributed by atoms with E-state index in [1.807, 2.05) is 21.6 Å². The molecule has 4 unspecified atom stereocenters. The number of aliphatic hydroxyl groups excluding tert-OH is 4. The van der Waals surface area contributed by atoms with Gasteiger partial charge < -0.3 is 25.2 Å². The second kappa shape index (κ2) is 78.8. The Bertz CT molecular complexity index is 1870. The van der Waals surface area contributed by atoms with Gasteiger partial charge in [0, 0.05) is 83.4 Å². The van der Waals surface area contributed by atoms with Crippen LogP contribution in [0.25, 0.3) is 0 Å². The number of aliphatic hydroxyl groups is 4. The van der Waals surface area contributed by atoms with Gasteiger partial charge in [-0.25, -0.2) is 0 Å². The molecule has 1 saturated heterocycles. The molecule has 4 N–H and O–H groups in total. The summed E-state index contributed by atoms with van der Waals surface area (Å²) in [5.74, 6) is 2.10. The lowest BCUT2D eigenvalue weighted by Crippen LogP contribution is -2.47. The molecule has 0 bridgehead atoms. The number of rotatable bonds is 77. The van der Waals surface area contributed by atoms with Crippen LogP contribution in [0.5, 0.6) is 0 Å². The van der Waals surface area contributed by atoms with Crippen LogP contribution in [-0.2, 0) is 9.53 Å². The highest BCUT2D eigenvalue weighted by Gasteiger charge is 2.20. The van der Waals surface area contributed by atoms with Crippen LogP contribution in [0.1, 0.15) is 342 Å². The van der Waals surface area contributed by atoms with Gasteiger partial charge in [0.1, 0.15) is 6.61 Å². The maximum atomic E-state index is 12.9. The number of esters is 1. The summed E-state index contributed by atoms with van der Waals surface area (Å²) in [6.07, 6.45) is 90.5. The Morgan fingerprint density at radius 1 is 0.337 bits per heavy atom. The molecule has 0 aromatic rings. The number of carbonyl (C=O) groups excluding carboxylic acids is 1. The Morgan fingerprint density at radius 2 is 0.614 bits per heavy atom. The standard InChI is InChI=1S/C89H164N4O6S2/c1-5-9-13-17-21-25-29-33-37-41-45-49-53-57-65-85(94)81-92(82-86(95)66-58-54-50-46-42-38-34-30-26-22-18-14-10-6-2)70-62-61-69-89(98)99-78-76-90-72-74-91(75-73-90)77-80-101-100-79-64-63-71-93(83-87(96)67-59-55-51-47-43-39-35-31-27-23-19-15-11-7-3)84-88(97)68-60-56-52-48-44-40-36-32-28-24-20-16-12-8-4/h21-28,33-40,85-88,94-97H,5-20,29-32,41-84H2,1-4H3/b25-21-,26-22-,27-23-,28-24-,37-33-,38-34-,39-35-,40-36-. The van der Waals surface area contributed by atoms with Gasteiger partial charge in [-0.3, -0.25) is 24.4 Å². The average Bonchev–Trinajstić information content (AvgIpc) is 1.08. The molecule has 10 nitrogen and oxygen atoms in total. The monoisotopic (exact) mass is 1450 g/mol. The summed E-state index contributed by atoms with van der Waals surface area (Å²) in [4.78, 5) is 22.5. The van der Waals surface area contributed by atoms with Gasteiger partial charge in [-0.1, -0.05) is 275 Å².